The maximum absolute atomic E-state index is 12.1. The minimum atomic E-state index is -0.303. The van der Waals surface area contributed by atoms with Gasteiger partial charge in [-0.05, 0) is 24.3 Å². The Morgan fingerprint density at radius 1 is 1.15 bits per heavy atom. The lowest BCUT2D eigenvalue weighted by molar-refractivity contribution is -0.118. The number of halogens is 1. The molecule has 0 atom stereocenters. The first-order valence-electron chi connectivity index (χ1n) is 7.65. The average molecular weight is 386 g/mol. The summed E-state index contributed by atoms with van der Waals surface area (Å²) in [4.78, 5) is 12.6. The van der Waals surface area contributed by atoms with Gasteiger partial charge < -0.3 is 4.74 Å². The molecule has 0 bridgehead atoms. The molecule has 0 saturated heterocycles. The number of benzene rings is 2. The van der Waals surface area contributed by atoms with Crippen LogP contribution in [-0.2, 0) is 4.79 Å². The number of aromatic nitrogens is 4. The van der Waals surface area contributed by atoms with Crippen molar-refractivity contribution < 1.29 is 9.53 Å². The molecule has 26 heavy (non-hydrogen) atoms. The zero-order valence-electron chi connectivity index (χ0n) is 13.3. The Kier molecular flexibility index (Phi) is 4.51. The van der Waals surface area contributed by atoms with Crippen LogP contribution in [0.2, 0.25) is 5.02 Å². The Bertz CT molecular complexity index is 1060. The zero-order chi connectivity index (χ0) is 17.9. The average Bonchev–Trinajstić information content (AvgIpc) is 3.21. The van der Waals surface area contributed by atoms with Crippen LogP contribution in [0.15, 0.2) is 54.6 Å². The van der Waals surface area contributed by atoms with Gasteiger partial charge in [-0.3, -0.25) is 10.1 Å². The first kappa shape index (κ1) is 16.5. The highest BCUT2D eigenvalue weighted by atomic mass is 35.5. The molecule has 130 valence electrons. The van der Waals surface area contributed by atoms with Gasteiger partial charge in [0.1, 0.15) is 5.75 Å². The molecule has 0 aliphatic heterocycles. The highest BCUT2D eigenvalue weighted by Crippen LogP contribution is 2.25. The lowest BCUT2D eigenvalue weighted by atomic mass is 10.2. The van der Waals surface area contributed by atoms with E-state index in [4.69, 9.17) is 16.3 Å². The zero-order valence-corrected chi connectivity index (χ0v) is 14.9. The van der Waals surface area contributed by atoms with Gasteiger partial charge in [-0.25, -0.2) is 0 Å². The van der Waals surface area contributed by atoms with Crippen molar-refractivity contribution in [2.24, 2.45) is 0 Å². The number of ether oxygens (including phenoxy) is 1. The maximum atomic E-state index is 12.1. The van der Waals surface area contributed by atoms with Gasteiger partial charge >= 0.3 is 0 Å². The summed E-state index contributed by atoms with van der Waals surface area (Å²) in [6.07, 6.45) is 0. The molecule has 0 fully saturated rings. The topological polar surface area (TPSA) is 81.4 Å². The van der Waals surface area contributed by atoms with Crippen molar-refractivity contribution in [3.8, 4) is 17.1 Å². The fourth-order valence-corrected chi connectivity index (χ4v) is 3.24. The van der Waals surface area contributed by atoms with Crippen molar-refractivity contribution in [2.75, 3.05) is 11.9 Å². The number of hydrogen-bond acceptors (Lipinski definition) is 6. The summed E-state index contributed by atoms with van der Waals surface area (Å²) in [5, 5.41) is 16.3. The predicted octanol–water partition coefficient (Wildman–Crippen LogP) is 3.52. The standard InChI is InChI=1S/C17H12ClN5O2S/c18-12-6-4-5-11(9-12)15-20-21-17-23(15)22-16(26-17)19-14(24)10-25-13-7-2-1-3-8-13/h1-9H,10H2,(H,19,22,24). The molecule has 2 heterocycles. The lowest BCUT2D eigenvalue weighted by Gasteiger charge is -2.04. The number of nitrogens with zero attached hydrogens (tertiary/aromatic N) is 4. The third-order valence-electron chi connectivity index (χ3n) is 3.43. The van der Waals surface area contributed by atoms with Gasteiger partial charge in [-0.1, -0.05) is 53.3 Å². The molecule has 0 radical (unpaired) electrons. The van der Waals surface area contributed by atoms with Gasteiger partial charge in [0.25, 0.3) is 5.91 Å². The molecule has 9 heteroatoms. The number of fused-ring (bicyclic) bond motifs is 1. The fraction of sp³-hybridized carbons (Fsp3) is 0.0588. The molecule has 1 N–H and O–H groups in total. The van der Waals surface area contributed by atoms with E-state index < -0.39 is 0 Å². The third kappa shape index (κ3) is 3.51. The van der Waals surface area contributed by atoms with E-state index in [9.17, 15) is 4.79 Å². The highest BCUT2D eigenvalue weighted by molar-refractivity contribution is 7.20. The Hall–Kier alpha value is -2.97. The van der Waals surface area contributed by atoms with Crippen LogP contribution in [0.5, 0.6) is 5.75 Å². The minimum Gasteiger partial charge on any atom is -0.484 e. The van der Waals surface area contributed by atoms with Crippen molar-refractivity contribution in [1.29, 1.82) is 0 Å². The van der Waals surface area contributed by atoms with E-state index in [2.05, 4.69) is 20.6 Å². The van der Waals surface area contributed by atoms with Crippen LogP contribution in [0.4, 0.5) is 5.13 Å². The second-order valence-corrected chi connectivity index (χ2v) is 6.68. The number of anilines is 1. The molecule has 0 unspecified atom stereocenters. The number of carbonyl (C=O) groups is 1. The van der Waals surface area contributed by atoms with Crippen LogP contribution in [0.1, 0.15) is 0 Å². The van der Waals surface area contributed by atoms with E-state index in [-0.39, 0.29) is 12.5 Å². The highest BCUT2D eigenvalue weighted by Gasteiger charge is 2.15. The van der Waals surface area contributed by atoms with Gasteiger partial charge in [0.05, 0.1) is 0 Å². The summed E-state index contributed by atoms with van der Waals surface area (Å²) in [7, 11) is 0. The summed E-state index contributed by atoms with van der Waals surface area (Å²) in [5.74, 6) is 0.881. The normalized spacial score (nSPS) is 10.8. The lowest BCUT2D eigenvalue weighted by Crippen LogP contribution is -2.20. The van der Waals surface area contributed by atoms with Gasteiger partial charge in [0.15, 0.2) is 12.4 Å². The summed E-state index contributed by atoms with van der Waals surface area (Å²) >= 11 is 7.25. The number of amides is 1. The monoisotopic (exact) mass is 385 g/mol. The van der Waals surface area contributed by atoms with Crippen molar-refractivity contribution in [2.45, 2.75) is 0 Å². The quantitative estimate of drug-likeness (QED) is 0.568. The number of nitrogens with one attached hydrogen (secondary N) is 1. The predicted molar refractivity (Wildman–Crippen MR) is 99.7 cm³/mol. The van der Waals surface area contributed by atoms with Crippen molar-refractivity contribution in [3.05, 3.63) is 59.6 Å². The Labute approximate surface area is 157 Å². The molecule has 4 rings (SSSR count). The first-order chi connectivity index (χ1) is 12.7. The van der Waals surface area contributed by atoms with Crippen LogP contribution >= 0.6 is 22.9 Å². The molecule has 2 aromatic heterocycles. The second-order valence-electron chi connectivity index (χ2n) is 5.29. The van der Waals surface area contributed by atoms with Crippen LogP contribution in [0.3, 0.4) is 0 Å². The summed E-state index contributed by atoms with van der Waals surface area (Å²) in [6.45, 7) is -0.106. The Morgan fingerprint density at radius 2 is 2.00 bits per heavy atom. The van der Waals surface area contributed by atoms with Gasteiger partial charge in [0.2, 0.25) is 10.1 Å². The largest absolute Gasteiger partial charge is 0.484 e. The molecular weight excluding hydrogens is 374 g/mol. The van der Waals surface area contributed by atoms with Crippen molar-refractivity contribution >= 4 is 38.9 Å². The molecule has 7 nitrogen and oxygen atoms in total. The van der Waals surface area contributed by atoms with E-state index in [0.717, 1.165) is 5.56 Å². The van der Waals surface area contributed by atoms with Crippen LogP contribution in [-0.4, -0.2) is 32.3 Å². The van der Waals surface area contributed by atoms with Crippen molar-refractivity contribution in [3.63, 3.8) is 0 Å². The minimum absolute atomic E-state index is 0.106. The van der Waals surface area contributed by atoms with Crippen LogP contribution in [0.25, 0.3) is 16.3 Å². The fourth-order valence-electron chi connectivity index (χ4n) is 2.30. The Morgan fingerprint density at radius 3 is 2.81 bits per heavy atom. The molecule has 2 aromatic carbocycles. The number of hydrogen-bond donors (Lipinski definition) is 1. The number of rotatable bonds is 5. The third-order valence-corrected chi connectivity index (χ3v) is 4.48. The van der Waals surface area contributed by atoms with E-state index in [1.807, 2.05) is 30.3 Å². The van der Waals surface area contributed by atoms with Gasteiger partial charge in [-0.15, -0.1) is 15.3 Å². The molecule has 0 saturated carbocycles. The SMILES string of the molecule is O=C(COc1ccccc1)Nc1nn2c(-c3cccc(Cl)c3)nnc2s1. The van der Waals surface area contributed by atoms with Gasteiger partial charge in [-0.2, -0.15) is 4.52 Å². The van der Waals surface area contributed by atoms with Crippen LogP contribution < -0.4 is 10.1 Å². The summed E-state index contributed by atoms with van der Waals surface area (Å²) < 4.78 is 6.99. The summed E-state index contributed by atoms with van der Waals surface area (Å²) in [5.41, 5.74) is 0.792. The van der Waals surface area contributed by atoms with E-state index >= 15 is 0 Å². The first-order valence-corrected chi connectivity index (χ1v) is 8.84. The molecule has 0 aliphatic carbocycles. The number of para-hydroxylation sites is 1. The van der Waals surface area contributed by atoms with Crippen LogP contribution in [0, 0.1) is 0 Å². The molecular formula is C17H12ClN5O2S. The van der Waals surface area contributed by atoms with E-state index in [0.29, 0.717) is 26.7 Å². The maximum Gasteiger partial charge on any atom is 0.264 e. The molecule has 0 spiro atoms. The molecule has 1 amide bonds. The van der Waals surface area contributed by atoms with Crippen molar-refractivity contribution in [1.82, 2.24) is 19.8 Å². The Balaban J connectivity index is 1.48. The van der Waals surface area contributed by atoms with E-state index in [1.165, 1.54) is 11.3 Å². The molecule has 0 aliphatic rings. The summed E-state index contributed by atoms with van der Waals surface area (Å²) in [6, 6.07) is 16.4. The second kappa shape index (κ2) is 7.11. The smallest absolute Gasteiger partial charge is 0.264 e. The van der Waals surface area contributed by atoms with Gasteiger partial charge in [0, 0.05) is 10.6 Å². The number of carbonyl (C=O) groups excluding carboxylic acids is 1. The van der Waals surface area contributed by atoms with E-state index in [1.54, 1.807) is 28.8 Å². The molecule has 4 aromatic rings.